The zero-order valence-electron chi connectivity index (χ0n) is 32.9. The molecule has 1 aliphatic carbocycles. The SMILES string of the molecule is CCCCCCC1(CCNC(=O)CCCCN2c3cc4oc(=O)cc(C)c4cc3C(C)CC2(C)C)c2cc(Br)ccc2-c2ccc(-c3ccc(C)s3)cc21. The number of amides is 1. The van der Waals surface area contributed by atoms with E-state index in [1.54, 1.807) is 6.07 Å². The van der Waals surface area contributed by atoms with Crippen molar-refractivity contribution in [3.63, 3.8) is 0 Å². The highest BCUT2D eigenvalue weighted by atomic mass is 79.9. The zero-order valence-corrected chi connectivity index (χ0v) is 35.3. The number of carbonyl (C=O) groups is 1. The number of unbranched alkanes of at least 4 members (excludes halogenated alkanes) is 4. The van der Waals surface area contributed by atoms with Crippen LogP contribution in [0.4, 0.5) is 5.69 Å². The van der Waals surface area contributed by atoms with E-state index >= 15 is 0 Å². The van der Waals surface area contributed by atoms with Gasteiger partial charge < -0.3 is 14.6 Å². The Kier molecular flexibility index (Phi) is 11.3. The summed E-state index contributed by atoms with van der Waals surface area (Å²) in [6, 6.07) is 24.2. The normalized spacial score (nSPS) is 18.4. The molecule has 54 heavy (non-hydrogen) atoms. The zero-order chi connectivity index (χ0) is 38.2. The number of rotatable bonds is 14. The lowest BCUT2D eigenvalue weighted by Gasteiger charge is -2.47. The molecule has 0 spiro atoms. The Bertz CT molecular complexity index is 2230. The second-order valence-electron chi connectivity index (χ2n) is 16.5. The van der Waals surface area contributed by atoms with Crippen molar-refractivity contribution in [2.24, 2.45) is 0 Å². The lowest BCUT2D eigenvalue weighted by molar-refractivity contribution is -0.121. The number of thiophene rings is 1. The van der Waals surface area contributed by atoms with Gasteiger partial charge in [0.1, 0.15) is 5.58 Å². The number of benzene rings is 3. The van der Waals surface area contributed by atoms with E-state index in [-0.39, 0.29) is 22.5 Å². The molecule has 1 N–H and O–H groups in total. The Morgan fingerprint density at radius 1 is 0.926 bits per heavy atom. The third-order valence-corrected chi connectivity index (χ3v) is 13.7. The molecule has 3 heterocycles. The molecule has 1 amide bonds. The Labute approximate surface area is 333 Å². The number of fused-ring (bicyclic) bond motifs is 5. The number of anilines is 1. The van der Waals surface area contributed by atoms with Crippen LogP contribution in [0.2, 0.25) is 0 Å². The van der Waals surface area contributed by atoms with Crippen LogP contribution in [0.15, 0.2) is 80.4 Å². The quantitative estimate of drug-likeness (QED) is 0.0897. The maximum absolute atomic E-state index is 13.5. The molecule has 2 aliphatic rings. The average molecular weight is 808 g/mol. The van der Waals surface area contributed by atoms with Crippen LogP contribution >= 0.6 is 27.3 Å². The van der Waals surface area contributed by atoms with Crippen LogP contribution in [0.1, 0.15) is 125 Å². The van der Waals surface area contributed by atoms with Crippen LogP contribution in [0.25, 0.3) is 32.5 Å². The molecule has 1 aliphatic heterocycles. The van der Waals surface area contributed by atoms with Crippen LogP contribution in [-0.4, -0.2) is 24.5 Å². The number of carbonyl (C=O) groups excluding carboxylic acids is 1. The number of nitrogens with zero attached hydrogens (tertiary/aromatic N) is 1. The van der Waals surface area contributed by atoms with Crippen molar-refractivity contribution in [3.8, 4) is 21.6 Å². The van der Waals surface area contributed by atoms with Crippen molar-refractivity contribution in [2.45, 2.75) is 123 Å². The maximum atomic E-state index is 13.5. The van der Waals surface area contributed by atoms with Crippen molar-refractivity contribution in [3.05, 3.63) is 109 Å². The van der Waals surface area contributed by atoms with Crippen LogP contribution in [0, 0.1) is 13.8 Å². The van der Waals surface area contributed by atoms with Gasteiger partial charge in [-0.1, -0.05) is 73.7 Å². The highest BCUT2D eigenvalue weighted by molar-refractivity contribution is 9.10. The van der Waals surface area contributed by atoms with Gasteiger partial charge >= 0.3 is 5.63 Å². The number of aryl methyl sites for hydroxylation is 2. The van der Waals surface area contributed by atoms with Gasteiger partial charge in [-0.25, -0.2) is 4.79 Å². The van der Waals surface area contributed by atoms with Gasteiger partial charge in [0.05, 0.1) is 0 Å². The molecule has 7 heteroatoms. The van der Waals surface area contributed by atoms with Gasteiger partial charge in [0.2, 0.25) is 5.91 Å². The number of nitrogens with one attached hydrogen (secondary N) is 1. The molecule has 0 bridgehead atoms. The van der Waals surface area contributed by atoms with E-state index in [1.807, 2.05) is 18.3 Å². The number of hydrogen-bond acceptors (Lipinski definition) is 5. The summed E-state index contributed by atoms with van der Waals surface area (Å²) in [4.78, 5) is 30.8. The van der Waals surface area contributed by atoms with Gasteiger partial charge in [-0.3, -0.25) is 4.79 Å². The molecule has 0 saturated carbocycles. The van der Waals surface area contributed by atoms with Crippen molar-refractivity contribution in [1.82, 2.24) is 5.32 Å². The average Bonchev–Trinajstić information content (AvgIpc) is 3.67. The summed E-state index contributed by atoms with van der Waals surface area (Å²) >= 11 is 5.66. The first-order valence-electron chi connectivity index (χ1n) is 20.0. The predicted octanol–water partition coefficient (Wildman–Crippen LogP) is 12.6. The van der Waals surface area contributed by atoms with E-state index < -0.39 is 0 Å². The van der Waals surface area contributed by atoms with E-state index in [9.17, 15) is 9.59 Å². The lowest BCUT2D eigenvalue weighted by atomic mass is 9.71. The third-order valence-electron chi connectivity index (χ3n) is 12.2. The fraction of sp³-hybridized carbons (Fsp3) is 0.447. The summed E-state index contributed by atoms with van der Waals surface area (Å²) in [7, 11) is 0. The van der Waals surface area contributed by atoms with Gasteiger partial charge in [0.15, 0.2) is 0 Å². The second kappa shape index (κ2) is 15.8. The minimum absolute atomic E-state index is 0.0526. The van der Waals surface area contributed by atoms with Crippen LogP contribution in [0.3, 0.4) is 0 Å². The van der Waals surface area contributed by atoms with Gasteiger partial charge in [-0.15, -0.1) is 11.3 Å². The first kappa shape index (κ1) is 38.6. The van der Waals surface area contributed by atoms with Gasteiger partial charge in [-0.2, -0.15) is 0 Å². The lowest BCUT2D eigenvalue weighted by Crippen LogP contribution is -2.48. The number of hydrogen-bond donors (Lipinski definition) is 1. The molecule has 284 valence electrons. The predicted molar refractivity (Wildman–Crippen MR) is 230 cm³/mol. The fourth-order valence-electron chi connectivity index (χ4n) is 9.50. The standard InChI is InChI=1S/C47H55BrN2O3S/c1-7-8-9-11-20-47(39-25-33(43-19-14-32(4)54-43)15-17-35(39)36-18-16-34(48)26-40(36)47)21-22-49-44(51)13-10-12-23-50-41-28-42-38(30(2)24-45(52)53-42)27-37(41)31(3)29-46(50,5)6/h14-19,24-28,31H,7-13,20-23,29H2,1-6H3,(H,49,51). The highest BCUT2D eigenvalue weighted by Crippen LogP contribution is 2.55. The minimum Gasteiger partial charge on any atom is -0.423 e. The summed E-state index contributed by atoms with van der Waals surface area (Å²) in [5, 5.41) is 4.37. The van der Waals surface area contributed by atoms with E-state index in [4.69, 9.17) is 4.42 Å². The summed E-state index contributed by atoms with van der Waals surface area (Å²) in [6.07, 6.45) is 10.0. The molecule has 7 rings (SSSR count). The van der Waals surface area contributed by atoms with Crippen LogP contribution in [0.5, 0.6) is 0 Å². The van der Waals surface area contributed by atoms with Gasteiger partial charge in [0.25, 0.3) is 0 Å². The minimum atomic E-state index is -0.310. The van der Waals surface area contributed by atoms with Gasteiger partial charge in [-0.05, 0) is 141 Å². The van der Waals surface area contributed by atoms with E-state index in [2.05, 4.69) is 121 Å². The molecule has 0 radical (unpaired) electrons. The largest absolute Gasteiger partial charge is 0.423 e. The summed E-state index contributed by atoms with van der Waals surface area (Å²) < 4.78 is 6.77. The molecule has 0 fully saturated rings. The maximum Gasteiger partial charge on any atom is 0.336 e. The topological polar surface area (TPSA) is 62.6 Å². The molecular formula is C47H55BrN2O3S. The summed E-state index contributed by atoms with van der Waals surface area (Å²) in [5.41, 5.74) is 10.3. The highest BCUT2D eigenvalue weighted by Gasteiger charge is 2.43. The number of halogens is 1. The summed E-state index contributed by atoms with van der Waals surface area (Å²) in [6.45, 7) is 14.8. The Balaban J connectivity index is 1.05. The monoisotopic (exact) mass is 806 g/mol. The first-order chi connectivity index (χ1) is 25.9. The molecular weight excluding hydrogens is 752 g/mol. The van der Waals surface area contributed by atoms with Gasteiger partial charge in [0, 0.05) is 67.9 Å². The summed E-state index contributed by atoms with van der Waals surface area (Å²) in [5.74, 6) is 0.524. The fourth-order valence-corrected chi connectivity index (χ4v) is 10.7. The molecule has 3 aromatic carbocycles. The van der Waals surface area contributed by atoms with Crippen LogP contribution < -0.4 is 15.8 Å². The Morgan fingerprint density at radius 2 is 1.70 bits per heavy atom. The molecule has 2 atom stereocenters. The smallest absolute Gasteiger partial charge is 0.336 e. The second-order valence-corrected chi connectivity index (χ2v) is 18.7. The molecule has 2 aromatic heterocycles. The van der Waals surface area contributed by atoms with Crippen molar-refractivity contribution >= 4 is 49.8 Å². The van der Waals surface area contributed by atoms with E-state index in [0.717, 1.165) is 66.2 Å². The Morgan fingerprint density at radius 3 is 2.46 bits per heavy atom. The van der Waals surface area contributed by atoms with Crippen molar-refractivity contribution in [2.75, 3.05) is 18.0 Å². The Hall–Kier alpha value is -3.68. The molecule has 0 saturated heterocycles. The van der Waals surface area contributed by atoms with Crippen LogP contribution in [-0.2, 0) is 10.2 Å². The molecule has 2 unspecified atom stereocenters. The first-order valence-corrected chi connectivity index (χ1v) is 21.7. The van der Waals surface area contributed by atoms with Crippen molar-refractivity contribution < 1.29 is 9.21 Å². The van der Waals surface area contributed by atoms with Crippen molar-refractivity contribution in [1.29, 1.82) is 0 Å². The van der Waals surface area contributed by atoms with E-state index in [1.165, 1.54) is 62.4 Å². The molecule has 5 aromatic rings. The van der Waals surface area contributed by atoms with E-state index in [0.29, 0.717) is 24.5 Å². The molecule has 5 nitrogen and oxygen atoms in total. The third kappa shape index (κ3) is 7.60.